The van der Waals surface area contributed by atoms with E-state index in [1.54, 1.807) is 18.2 Å². The Balaban J connectivity index is 1.47. The summed E-state index contributed by atoms with van der Waals surface area (Å²) in [5.74, 6) is -0.399. The van der Waals surface area contributed by atoms with Crippen molar-refractivity contribution in [1.29, 1.82) is 0 Å². The number of nitrogens with zero attached hydrogens (tertiary/aromatic N) is 2. The number of likely N-dealkylation sites (N-methyl/N-ethyl adjacent to an activating group) is 1. The molecule has 4 atom stereocenters. The molecule has 4 aliphatic rings. The normalized spacial score (nSPS) is 29.2. The van der Waals surface area contributed by atoms with Gasteiger partial charge in [0, 0.05) is 56.3 Å². The van der Waals surface area contributed by atoms with Crippen LogP contribution < -0.4 is 0 Å². The molecule has 0 saturated carbocycles. The monoisotopic (exact) mass is 660 g/mol. The van der Waals surface area contributed by atoms with Gasteiger partial charge in [-0.15, -0.1) is 0 Å². The van der Waals surface area contributed by atoms with Crippen molar-refractivity contribution in [3.63, 3.8) is 0 Å². The predicted octanol–water partition coefficient (Wildman–Crippen LogP) is 8.69. The summed E-state index contributed by atoms with van der Waals surface area (Å²) in [7, 11) is 2.02. The number of Topliss-reactive ketones (excluding diaryl/α,β-unsaturated/α-hetero) is 2. The van der Waals surface area contributed by atoms with Crippen LogP contribution in [0.25, 0.3) is 16.8 Å². The topological polar surface area (TPSA) is 40.6 Å². The molecule has 3 saturated heterocycles. The second-order valence-corrected chi connectivity index (χ2v) is 14.3. The summed E-state index contributed by atoms with van der Waals surface area (Å²) in [5, 5.41) is 3.98. The van der Waals surface area contributed by atoms with Gasteiger partial charge in [0.2, 0.25) is 0 Å². The Kier molecular flexibility index (Phi) is 6.63. The van der Waals surface area contributed by atoms with Crippen molar-refractivity contribution in [1.82, 2.24) is 9.80 Å². The molecule has 3 aliphatic heterocycles. The third kappa shape index (κ3) is 3.67. The van der Waals surface area contributed by atoms with E-state index in [1.807, 2.05) is 61.7 Å². The second kappa shape index (κ2) is 10.2. The van der Waals surface area contributed by atoms with Crippen molar-refractivity contribution in [2.45, 2.75) is 30.3 Å². The van der Waals surface area contributed by atoms with Gasteiger partial charge in [-0.1, -0.05) is 94.9 Å². The molecule has 4 aromatic rings. The summed E-state index contributed by atoms with van der Waals surface area (Å²) in [6.45, 7) is 1.53. The Morgan fingerprint density at radius 3 is 2.34 bits per heavy atom. The van der Waals surface area contributed by atoms with Crippen LogP contribution in [0.2, 0.25) is 20.1 Å². The number of hydrogen-bond donors (Lipinski definition) is 0. The number of fused-ring (bicyclic) bond motifs is 4. The Morgan fingerprint density at radius 1 is 0.864 bits per heavy atom. The summed E-state index contributed by atoms with van der Waals surface area (Å²) in [6.07, 6.45) is 3.66. The van der Waals surface area contributed by atoms with Gasteiger partial charge in [0.1, 0.15) is 5.54 Å². The van der Waals surface area contributed by atoms with Gasteiger partial charge in [-0.05, 0) is 84.2 Å². The zero-order chi connectivity index (χ0) is 30.5. The Bertz CT molecular complexity index is 1950. The first-order valence-corrected chi connectivity index (χ1v) is 16.4. The molecule has 0 radical (unpaired) electrons. The molecular formula is C36H28Cl4N2O2. The predicted molar refractivity (Wildman–Crippen MR) is 178 cm³/mol. The van der Waals surface area contributed by atoms with Crippen LogP contribution in [-0.2, 0) is 10.3 Å². The molecular weight excluding hydrogens is 634 g/mol. The van der Waals surface area contributed by atoms with Crippen molar-refractivity contribution >= 4 is 74.8 Å². The van der Waals surface area contributed by atoms with Gasteiger partial charge >= 0.3 is 0 Å². The summed E-state index contributed by atoms with van der Waals surface area (Å²) in [5.41, 5.74) is 1.38. The van der Waals surface area contributed by atoms with E-state index >= 15 is 9.59 Å². The number of rotatable bonds is 2. The average Bonchev–Trinajstić information content (AvgIpc) is 3.62. The summed E-state index contributed by atoms with van der Waals surface area (Å²) >= 11 is 26.3. The summed E-state index contributed by atoms with van der Waals surface area (Å²) < 4.78 is 0. The highest BCUT2D eigenvalue weighted by atomic mass is 35.5. The Labute approximate surface area is 276 Å². The van der Waals surface area contributed by atoms with Crippen LogP contribution in [0.5, 0.6) is 0 Å². The first-order valence-electron chi connectivity index (χ1n) is 14.9. The fourth-order valence-electron chi connectivity index (χ4n) is 9.11. The molecule has 1 unspecified atom stereocenters. The maximum absolute atomic E-state index is 15.6. The number of likely N-dealkylation sites (tertiary alicyclic amines) is 1. The fourth-order valence-corrected chi connectivity index (χ4v) is 10.1. The number of benzene rings is 4. The SMILES string of the molecule is CN1C/C(=C\c2ccc(Cl)cc2Cl)C(=O)[C@]2(C1)[C@@H](c1ccc(Cl)cc1Cl)C1CCCN1[C@@]21C(=O)c2cccc3cccc1c23. The van der Waals surface area contributed by atoms with E-state index in [4.69, 9.17) is 46.4 Å². The van der Waals surface area contributed by atoms with E-state index < -0.39 is 11.0 Å². The Morgan fingerprint density at radius 2 is 1.59 bits per heavy atom. The molecule has 4 nitrogen and oxygen atoms in total. The molecule has 222 valence electrons. The largest absolute Gasteiger partial charge is 0.301 e. The van der Waals surface area contributed by atoms with Crippen molar-refractivity contribution in [2.24, 2.45) is 5.41 Å². The molecule has 8 heteroatoms. The quantitative estimate of drug-likeness (QED) is 0.202. The molecule has 0 aromatic heterocycles. The van der Waals surface area contributed by atoms with Crippen molar-refractivity contribution in [3.8, 4) is 0 Å². The van der Waals surface area contributed by atoms with E-state index in [0.29, 0.717) is 56.4 Å². The van der Waals surface area contributed by atoms with Crippen LogP contribution in [0.1, 0.15) is 45.8 Å². The summed E-state index contributed by atoms with van der Waals surface area (Å²) in [4.78, 5) is 35.5. The van der Waals surface area contributed by atoms with Crippen molar-refractivity contribution < 1.29 is 9.59 Å². The van der Waals surface area contributed by atoms with Crippen LogP contribution in [0, 0.1) is 5.41 Å². The van der Waals surface area contributed by atoms with Gasteiger partial charge in [-0.25, -0.2) is 0 Å². The highest BCUT2D eigenvalue weighted by Crippen LogP contribution is 2.70. The first kappa shape index (κ1) is 28.8. The molecule has 4 aromatic carbocycles. The molecule has 0 bridgehead atoms. The lowest BCUT2D eigenvalue weighted by Gasteiger charge is -2.52. The zero-order valence-corrected chi connectivity index (χ0v) is 26.9. The first-order chi connectivity index (χ1) is 21.2. The smallest absolute Gasteiger partial charge is 0.189 e. The minimum Gasteiger partial charge on any atom is -0.301 e. The fraction of sp³-hybridized carbons (Fsp3) is 0.278. The minimum atomic E-state index is -1.21. The third-order valence-corrected chi connectivity index (χ3v) is 11.5. The van der Waals surface area contributed by atoms with Gasteiger partial charge in [0.15, 0.2) is 11.6 Å². The molecule has 1 aliphatic carbocycles. The molecule has 8 rings (SSSR count). The van der Waals surface area contributed by atoms with Crippen molar-refractivity contribution in [2.75, 3.05) is 26.7 Å². The van der Waals surface area contributed by atoms with Gasteiger partial charge in [0.05, 0.1) is 5.41 Å². The second-order valence-electron chi connectivity index (χ2n) is 12.6. The van der Waals surface area contributed by atoms with Gasteiger partial charge in [-0.2, -0.15) is 0 Å². The third-order valence-electron chi connectivity index (χ3n) is 10.4. The van der Waals surface area contributed by atoms with Crippen LogP contribution in [0.4, 0.5) is 0 Å². The summed E-state index contributed by atoms with van der Waals surface area (Å²) in [6, 6.07) is 22.8. The minimum absolute atomic E-state index is 0.00342. The number of halogens is 4. The van der Waals surface area contributed by atoms with Crippen LogP contribution >= 0.6 is 46.4 Å². The highest BCUT2D eigenvalue weighted by molar-refractivity contribution is 6.36. The zero-order valence-electron chi connectivity index (χ0n) is 23.9. The Hall–Kier alpha value is -2.70. The maximum atomic E-state index is 15.6. The van der Waals surface area contributed by atoms with Crippen LogP contribution in [-0.4, -0.2) is 54.1 Å². The maximum Gasteiger partial charge on any atom is 0.189 e. The van der Waals surface area contributed by atoms with Crippen LogP contribution in [0.15, 0.2) is 78.4 Å². The van der Waals surface area contributed by atoms with E-state index in [9.17, 15) is 0 Å². The average molecular weight is 662 g/mol. The van der Waals surface area contributed by atoms with E-state index in [2.05, 4.69) is 15.9 Å². The molecule has 0 amide bonds. The lowest BCUT2D eigenvalue weighted by molar-refractivity contribution is -0.134. The standard InChI is InChI=1S/C36H28Cl4N2O2/c1-41-18-22(15-21-10-11-23(37)16-28(21)39)33(43)35(19-41)32(25-13-12-24(38)17-29(25)40)30-9-4-14-42(30)36(35)27-8-3-6-20-5-2-7-26(31(20)27)34(36)44/h2-3,5-8,10-13,15-17,30,32H,4,9,14,18-19H2,1H3/b22-15+/t30?,32-,35-,36-/m0/s1. The number of carbonyl (C=O) groups is 2. The van der Waals surface area contributed by atoms with Gasteiger partial charge in [-0.3, -0.25) is 14.5 Å². The molecule has 44 heavy (non-hydrogen) atoms. The number of carbonyl (C=O) groups excluding carboxylic acids is 2. The van der Waals surface area contributed by atoms with Crippen molar-refractivity contribution in [3.05, 3.63) is 121 Å². The molecule has 3 heterocycles. The van der Waals surface area contributed by atoms with Gasteiger partial charge in [0.25, 0.3) is 0 Å². The lowest BCUT2D eigenvalue weighted by atomic mass is 9.54. The highest BCUT2D eigenvalue weighted by Gasteiger charge is 2.78. The number of ketones is 2. The van der Waals surface area contributed by atoms with E-state index in [0.717, 1.165) is 34.7 Å². The number of hydrogen-bond acceptors (Lipinski definition) is 4. The van der Waals surface area contributed by atoms with Crippen LogP contribution in [0.3, 0.4) is 0 Å². The number of piperidine rings is 1. The molecule has 3 fully saturated rings. The van der Waals surface area contributed by atoms with E-state index in [-0.39, 0.29) is 23.5 Å². The lowest BCUT2D eigenvalue weighted by Crippen LogP contribution is -2.65. The van der Waals surface area contributed by atoms with E-state index in [1.165, 1.54) is 0 Å². The molecule has 0 N–H and O–H groups in total. The molecule has 2 spiro atoms. The van der Waals surface area contributed by atoms with Gasteiger partial charge < -0.3 is 4.90 Å².